The van der Waals surface area contributed by atoms with Crippen LogP contribution in [0.15, 0.2) is 54.6 Å². The number of hydrogen-bond donors (Lipinski definition) is 2. The zero-order valence-corrected chi connectivity index (χ0v) is 12.0. The third-order valence-electron chi connectivity index (χ3n) is 3.50. The molecule has 5 nitrogen and oxygen atoms in total. The number of rotatable bonds is 6. The summed E-state index contributed by atoms with van der Waals surface area (Å²) in [5.74, 6) is -4.10. The molecule has 5 heteroatoms. The van der Waals surface area contributed by atoms with E-state index in [0.717, 1.165) is 0 Å². The minimum absolute atomic E-state index is 0.421. The molecule has 0 aliphatic rings. The Morgan fingerprint density at radius 1 is 0.818 bits per heavy atom. The summed E-state index contributed by atoms with van der Waals surface area (Å²) in [5.41, 5.74) is 0.878. The number of benzene rings is 2. The molecule has 2 rings (SSSR count). The molecule has 0 aliphatic heterocycles. The van der Waals surface area contributed by atoms with Gasteiger partial charge in [-0.25, -0.2) is 0 Å². The molecule has 22 heavy (non-hydrogen) atoms. The Bertz CT molecular complexity index is 649. The van der Waals surface area contributed by atoms with Crippen molar-refractivity contribution in [2.24, 2.45) is 0 Å². The third-order valence-corrected chi connectivity index (χ3v) is 3.50. The summed E-state index contributed by atoms with van der Waals surface area (Å²) in [4.78, 5) is 23.3. The maximum atomic E-state index is 11.7. The van der Waals surface area contributed by atoms with E-state index in [1.165, 1.54) is 7.11 Å². The molecule has 0 fully saturated rings. The normalized spacial score (nSPS) is 13.1. The van der Waals surface area contributed by atoms with Crippen LogP contribution in [0.4, 0.5) is 0 Å². The molecule has 0 aromatic heterocycles. The number of carboxylic acids is 2. The van der Waals surface area contributed by atoms with E-state index in [1.807, 2.05) is 0 Å². The maximum Gasteiger partial charge on any atom is 0.312 e. The summed E-state index contributed by atoms with van der Waals surface area (Å²) >= 11 is 0. The first-order valence-electron chi connectivity index (χ1n) is 6.69. The van der Waals surface area contributed by atoms with Crippen LogP contribution in [0.25, 0.3) is 0 Å². The molecule has 0 saturated carbocycles. The van der Waals surface area contributed by atoms with Crippen LogP contribution in [0.1, 0.15) is 23.0 Å². The topological polar surface area (TPSA) is 83.8 Å². The average Bonchev–Trinajstić information content (AvgIpc) is 2.52. The Kier molecular flexibility index (Phi) is 4.78. The summed E-state index contributed by atoms with van der Waals surface area (Å²) in [6, 6.07) is 14.8. The monoisotopic (exact) mass is 300 g/mol. The van der Waals surface area contributed by atoms with Crippen molar-refractivity contribution in [3.05, 3.63) is 65.7 Å². The van der Waals surface area contributed by atoms with E-state index in [2.05, 4.69) is 0 Å². The second-order valence-electron chi connectivity index (χ2n) is 4.82. The van der Waals surface area contributed by atoms with Crippen molar-refractivity contribution in [1.29, 1.82) is 0 Å². The van der Waals surface area contributed by atoms with Gasteiger partial charge in [0.05, 0.1) is 18.9 Å². The first-order chi connectivity index (χ1) is 10.5. The molecule has 0 saturated heterocycles. The van der Waals surface area contributed by atoms with Crippen LogP contribution in [0.5, 0.6) is 5.75 Å². The average molecular weight is 300 g/mol. The van der Waals surface area contributed by atoms with Gasteiger partial charge >= 0.3 is 11.9 Å². The molecule has 0 bridgehead atoms. The van der Waals surface area contributed by atoms with Gasteiger partial charge in [-0.1, -0.05) is 42.5 Å². The van der Waals surface area contributed by atoms with Crippen molar-refractivity contribution in [1.82, 2.24) is 0 Å². The van der Waals surface area contributed by atoms with Crippen LogP contribution in [0.2, 0.25) is 0 Å². The van der Waals surface area contributed by atoms with Crippen molar-refractivity contribution in [3.8, 4) is 5.75 Å². The van der Waals surface area contributed by atoms with Gasteiger partial charge in [0.25, 0.3) is 0 Å². The molecule has 0 radical (unpaired) electrons. The predicted molar refractivity (Wildman–Crippen MR) is 80.2 cm³/mol. The molecule has 2 aromatic carbocycles. The highest BCUT2D eigenvalue weighted by molar-refractivity contribution is 5.88. The highest BCUT2D eigenvalue weighted by atomic mass is 16.5. The molecule has 2 N–H and O–H groups in total. The van der Waals surface area contributed by atoms with Gasteiger partial charge < -0.3 is 14.9 Å². The lowest BCUT2D eigenvalue weighted by Crippen LogP contribution is -2.26. The molecule has 0 spiro atoms. The number of hydrogen-bond acceptors (Lipinski definition) is 3. The molecule has 0 amide bonds. The van der Waals surface area contributed by atoms with Gasteiger partial charge in [-0.15, -0.1) is 0 Å². The first-order valence-corrected chi connectivity index (χ1v) is 6.69. The zero-order valence-electron chi connectivity index (χ0n) is 12.0. The van der Waals surface area contributed by atoms with E-state index < -0.39 is 23.8 Å². The zero-order chi connectivity index (χ0) is 16.1. The van der Waals surface area contributed by atoms with Gasteiger partial charge in [0.2, 0.25) is 0 Å². The van der Waals surface area contributed by atoms with Crippen LogP contribution in [0.3, 0.4) is 0 Å². The number of ether oxygens (including phenoxy) is 1. The summed E-state index contributed by atoms with van der Waals surface area (Å²) in [6.45, 7) is 0. The molecule has 0 aliphatic carbocycles. The number of carboxylic acid groups (broad SMARTS) is 2. The Hall–Kier alpha value is -2.82. The molecule has 2 atom stereocenters. The van der Waals surface area contributed by atoms with Crippen molar-refractivity contribution in [2.45, 2.75) is 11.8 Å². The van der Waals surface area contributed by atoms with E-state index >= 15 is 0 Å². The lowest BCUT2D eigenvalue weighted by atomic mass is 9.81. The lowest BCUT2D eigenvalue weighted by Gasteiger charge is -2.21. The number of carbonyl (C=O) groups is 2. The van der Waals surface area contributed by atoms with Crippen LogP contribution in [-0.4, -0.2) is 29.3 Å². The van der Waals surface area contributed by atoms with E-state index in [-0.39, 0.29) is 0 Å². The SMILES string of the molecule is COc1ccc([C@H](C(=O)O)[C@H](C(=O)O)c2ccccc2)cc1. The second kappa shape index (κ2) is 6.76. The summed E-state index contributed by atoms with van der Waals surface area (Å²) in [7, 11) is 1.51. The van der Waals surface area contributed by atoms with Crippen molar-refractivity contribution in [3.63, 3.8) is 0 Å². The van der Waals surface area contributed by atoms with Crippen LogP contribution >= 0.6 is 0 Å². The quantitative estimate of drug-likeness (QED) is 0.857. The Morgan fingerprint density at radius 2 is 1.27 bits per heavy atom. The van der Waals surface area contributed by atoms with Crippen molar-refractivity contribution >= 4 is 11.9 Å². The Labute approximate surface area is 127 Å². The summed E-state index contributed by atoms with van der Waals surface area (Å²) < 4.78 is 5.04. The van der Waals surface area contributed by atoms with Crippen LogP contribution < -0.4 is 4.74 Å². The maximum absolute atomic E-state index is 11.7. The number of aliphatic carboxylic acids is 2. The van der Waals surface area contributed by atoms with Gasteiger partial charge in [0.1, 0.15) is 5.75 Å². The molecule has 114 valence electrons. The smallest absolute Gasteiger partial charge is 0.312 e. The second-order valence-corrected chi connectivity index (χ2v) is 4.82. The van der Waals surface area contributed by atoms with Crippen molar-refractivity contribution < 1.29 is 24.5 Å². The summed E-state index contributed by atoms with van der Waals surface area (Å²) in [5, 5.41) is 19.1. The first kappa shape index (κ1) is 15.6. The third kappa shape index (κ3) is 3.25. The van der Waals surface area contributed by atoms with E-state index in [4.69, 9.17) is 4.74 Å². The highest BCUT2D eigenvalue weighted by Gasteiger charge is 2.36. The molecule has 2 aromatic rings. The predicted octanol–water partition coefficient (Wildman–Crippen LogP) is 2.73. The number of methoxy groups -OCH3 is 1. The molecule has 0 unspecified atom stereocenters. The fraction of sp³-hybridized carbons (Fsp3) is 0.176. The standard InChI is InChI=1S/C17H16O5/c1-22-13-9-7-12(8-10-13)15(17(20)21)14(16(18)19)11-5-3-2-4-6-11/h2-10,14-15H,1H3,(H,18,19)(H,20,21)/t14-,15+/m1/s1. The van der Waals surface area contributed by atoms with E-state index in [1.54, 1.807) is 54.6 Å². The van der Waals surface area contributed by atoms with Crippen LogP contribution in [0, 0.1) is 0 Å². The van der Waals surface area contributed by atoms with Crippen molar-refractivity contribution in [2.75, 3.05) is 7.11 Å². The molecular weight excluding hydrogens is 284 g/mol. The van der Waals surface area contributed by atoms with E-state index in [9.17, 15) is 19.8 Å². The largest absolute Gasteiger partial charge is 0.497 e. The van der Waals surface area contributed by atoms with E-state index in [0.29, 0.717) is 16.9 Å². The fourth-order valence-corrected chi connectivity index (χ4v) is 2.43. The minimum Gasteiger partial charge on any atom is -0.497 e. The van der Waals surface area contributed by atoms with Gasteiger partial charge in [0.15, 0.2) is 0 Å². The molecular formula is C17H16O5. The lowest BCUT2D eigenvalue weighted by molar-refractivity contribution is -0.147. The fourth-order valence-electron chi connectivity index (χ4n) is 2.43. The van der Waals surface area contributed by atoms with Crippen LogP contribution in [-0.2, 0) is 9.59 Å². The van der Waals surface area contributed by atoms with Gasteiger partial charge in [-0.2, -0.15) is 0 Å². The van der Waals surface area contributed by atoms with Gasteiger partial charge in [0, 0.05) is 0 Å². The summed E-state index contributed by atoms with van der Waals surface area (Å²) in [6.07, 6.45) is 0. The Balaban J connectivity index is 2.47. The highest BCUT2D eigenvalue weighted by Crippen LogP contribution is 2.34. The van der Waals surface area contributed by atoms with Gasteiger partial charge in [-0.3, -0.25) is 9.59 Å². The Morgan fingerprint density at radius 3 is 1.68 bits per heavy atom. The van der Waals surface area contributed by atoms with Gasteiger partial charge in [-0.05, 0) is 23.3 Å². The molecule has 0 heterocycles. The minimum atomic E-state index is -1.18.